The van der Waals surface area contributed by atoms with Gasteiger partial charge in [-0.05, 0) is 19.8 Å². The summed E-state index contributed by atoms with van der Waals surface area (Å²) in [5.74, 6) is 0.605. The highest BCUT2D eigenvalue weighted by atomic mass is 16.5. The number of nitrogens with zero attached hydrogens (tertiary/aromatic N) is 1. The second kappa shape index (κ2) is 3.87. The van der Waals surface area contributed by atoms with Crippen LogP contribution in [-0.4, -0.2) is 42.6 Å². The fourth-order valence-electron chi connectivity index (χ4n) is 1.83. The van der Waals surface area contributed by atoms with E-state index in [1.807, 2.05) is 11.8 Å². The lowest BCUT2D eigenvalue weighted by molar-refractivity contribution is -0.144. The molecule has 0 spiro atoms. The Labute approximate surface area is 84.4 Å². The maximum Gasteiger partial charge on any atom is 0.226 e. The molecule has 1 aliphatic heterocycles. The van der Waals surface area contributed by atoms with Crippen molar-refractivity contribution >= 4 is 5.91 Å². The minimum Gasteiger partial charge on any atom is -0.373 e. The van der Waals surface area contributed by atoms with Crippen LogP contribution in [0, 0.1) is 5.92 Å². The summed E-state index contributed by atoms with van der Waals surface area (Å²) in [5, 5.41) is 0. The lowest BCUT2D eigenvalue weighted by Gasteiger charge is -2.37. The lowest BCUT2D eigenvalue weighted by atomic mass is 10.1. The highest BCUT2D eigenvalue weighted by Crippen LogP contribution is 2.32. The Morgan fingerprint density at radius 2 is 2.29 bits per heavy atom. The van der Waals surface area contributed by atoms with E-state index in [0.717, 1.165) is 12.8 Å². The van der Waals surface area contributed by atoms with Gasteiger partial charge in [0, 0.05) is 19.0 Å². The quantitative estimate of drug-likeness (QED) is 0.678. The van der Waals surface area contributed by atoms with Gasteiger partial charge in [0.05, 0.1) is 18.8 Å². The molecule has 0 aromatic rings. The zero-order chi connectivity index (χ0) is 10.1. The summed E-state index contributed by atoms with van der Waals surface area (Å²) >= 11 is 0. The number of carbonyl (C=O) groups is 1. The van der Waals surface area contributed by atoms with Gasteiger partial charge in [-0.1, -0.05) is 0 Å². The molecule has 4 heteroatoms. The minimum absolute atomic E-state index is 0.0360. The van der Waals surface area contributed by atoms with Crippen molar-refractivity contribution < 1.29 is 9.53 Å². The number of rotatable bonds is 2. The standard InChI is InChI=1S/C10H18N2O2/c1-7-6-14-9(4-11)5-12(7)10(13)8-2-3-8/h7-9H,2-6,11H2,1H3. The monoisotopic (exact) mass is 198 g/mol. The van der Waals surface area contributed by atoms with E-state index in [9.17, 15) is 4.79 Å². The minimum atomic E-state index is 0.0360. The van der Waals surface area contributed by atoms with Crippen molar-refractivity contribution in [2.45, 2.75) is 31.9 Å². The molecule has 1 aliphatic carbocycles. The lowest BCUT2D eigenvalue weighted by Crippen LogP contribution is -2.53. The van der Waals surface area contributed by atoms with Crippen LogP contribution < -0.4 is 5.73 Å². The van der Waals surface area contributed by atoms with Gasteiger partial charge in [-0.3, -0.25) is 4.79 Å². The topological polar surface area (TPSA) is 55.6 Å². The van der Waals surface area contributed by atoms with E-state index in [1.54, 1.807) is 0 Å². The number of hydrogen-bond donors (Lipinski definition) is 1. The van der Waals surface area contributed by atoms with Crippen LogP contribution in [0.25, 0.3) is 0 Å². The van der Waals surface area contributed by atoms with Crippen molar-refractivity contribution in [1.82, 2.24) is 4.90 Å². The molecule has 2 atom stereocenters. The fourth-order valence-corrected chi connectivity index (χ4v) is 1.83. The number of carbonyl (C=O) groups excluding carboxylic acids is 1. The molecule has 0 aromatic carbocycles. The number of amides is 1. The second-order valence-corrected chi connectivity index (χ2v) is 4.30. The first kappa shape index (κ1) is 9.93. The van der Waals surface area contributed by atoms with E-state index < -0.39 is 0 Å². The highest BCUT2D eigenvalue weighted by molar-refractivity contribution is 5.81. The molecule has 4 nitrogen and oxygen atoms in total. The normalized spacial score (nSPS) is 33.1. The van der Waals surface area contributed by atoms with E-state index in [1.165, 1.54) is 0 Å². The van der Waals surface area contributed by atoms with Crippen LogP contribution in [0.4, 0.5) is 0 Å². The van der Waals surface area contributed by atoms with Crippen LogP contribution in [0.3, 0.4) is 0 Å². The van der Waals surface area contributed by atoms with Crippen LogP contribution in [0.1, 0.15) is 19.8 Å². The zero-order valence-corrected chi connectivity index (χ0v) is 8.61. The smallest absolute Gasteiger partial charge is 0.226 e. The maximum atomic E-state index is 11.9. The number of ether oxygens (including phenoxy) is 1. The zero-order valence-electron chi connectivity index (χ0n) is 8.61. The summed E-state index contributed by atoms with van der Waals surface area (Å²) in [6.07, 6.45) is 2.17. The predicted octanol–water partition coefficient (Wildman–Crippen LogP) is -0.0290. The van der Waals surface area contributed by atoms with E-state index in [2.05, 4.69) is 0 Å². The van der Waals surface area contributed by atoms with Crippen molar-refractivity contribution in [3.05, 3.63) is 0 Å². The molecule has 1 saturated carbocycles. The first-order valence-electron chi connectivity index (χ1n) is 5.34. The third kappa shape index (κ3) is 1.91. The summed E-state index contributed by atoms with van der Waals surface area (Å²) in [6, 6.07) is 0.214. The Hall–Kier alpha value is -0.610. The van der Waals surface area contributed by atoms with Gasteiger partial charge in [0.25, 0.3) is 0 Å². The summed E-state index contributed by atoms with van der Waals surface area (Å²) in [7, 11) is 0. The van der Waals surface area contributed by atoms with Crippen LogP contribution in [-0.2, 0) is 9.53 Å². The summed E-state index contributed by atoms with van der Waals surface area (Å²) in [4.78, 5) is 13.8. The third-order valence-corrected chi connectivity index (χ3v) is 2.98. The van der Waals surface area contributed by atoms with Crippen molar-refractivity contribution in [3.63, 3.8) is 0 Å². The average Bonchev–Trinajstić information content (AvgIpc) is 3.01. The molecule has 2 N–H and O–H groups in total. The molecule has 0 radical (unpaired) electrons. The van der Waals surface area contributed by atoms with E-state index in [0.29, 0.717) is 31.5 Å². The van der Waals surface area contributed by atoms with Crippen molar-refractivity contribution in [3.8, 4) is 0 Å². The predicted molar refractivity (Wildman–Crippen MR) is 52.7 cm³/mol. The van der Waals surface area contributed by atoms with Gasteiger partial charge in [-0.15, -0.1) is 0 Å². The van der Waals surface area contributed by atoms with Gasteiger partial charge in [0.15, 0.2) is 0 Å². The van der Waals surface area contributed by atoms with Crippen molar-refractivity contribution in [2.24, 2.45) is 11.7 Å². The van der Waals surface area contributed by atoms with Crippen LogP contribution in [0.2, 0.25) is 0 Å². The van der Waals surface area contributed by atoms with Gasteiger partial charge in [0.2, 0.25) is 5.91 Å². The second-order valence-electron chi connectivity index (χ2n) is 4.30. The Morgan fingerprint density at radius 1 is 1.57 bits per heavy atom. The van der Waals surface area contributed by atoms with Crippen molar-refractivity contribution in [2.75, 3.05) is 19.7 Å². The van der Waals surface area contributed by atoms with E-state index >= 15 is 0 Å². The van der Waals surface area contributed by atoms with Crippen molar-refractivity contribution in [1.29, 1.82) is 0 Å². The van der Waals surface area contributed by atoms with Gasteiger partial charge < -0.3 is 15.4 Å². The molecule has 1 amide bonds. The van der Waals surface area contributed by atoms with Gasteiger partial charge in [0.1, 0.15) is 0 Å². The summed E-state index contributed by atoms with van der Waals surface area (Å²) in [6.45, 7) is 3.83. The molecule has 1 heterocycles. The van der Waals surface area contributed by atoms with Crippen LogP contribution in [0.15, 0.2) is 0 Å². The van der Waals surface area contributed by atoms with Gasteiger partial charge in [-0.25, -0.2) is 0 Å². The number of nitrogens with two attached hydrogens (primary N) is 1. The van der Waals surface area contributed by atoms with Crippen LogP contribution >= 0.6 is 0 Å². The average molecular weight is 198 g/mol. The molecular weight excluding hydrogens is 180 g/mol. The fraction of sp³-hybridized carbons (Fsp3) is 0.900. The third-order valence-electron chi connectivity index (χ3n) is 2.98. The molecule has 14 heavy (non-hydrogen) atoms. The first-order chi connectivity index (χ1) is 6.72. The molecule has 1 saturated heterocycles. The Bertz CT molecular complexity index is 228. The Balaban J connectivity index is 1.96. The van der Waals surface area contributed by atoms with Crippen LogP contribution in [0.5, 0.6) is 0 Å². The van der Waals surface area contributed by atoms with E-state index in [-0.39, 0.29) is 12.1 Å². The highest BCUT2D eigenvalue weighted by Gasteiger charge is 2.37. The summed E-state index contributed by atoms with van der Waals surface area (Å²) < 4.78 is 5.50. The van der Waals surface area contributed by atoms with Gasteiger partial charge >= 0.3 is 0 Å². The largest absolute Gasteiger partial charge is 0.373 e. The molecule has 2 aliphatic rings. The molecule has 80 valence electrons. The first-order valence-corrected chi connectivity index (χ1v) is 5.34. The maximum absolute atomic E-state index is 11.9. The number of hydrogen-bond acceptors (Lipinski definition) is 3. The Kier molecular flexibility index (Phi) is 2.74. The SMILES string of the molecule is CC1COC(CN)CN1C(=O)C1CC1. The molecular formula is C10H18N2O2. The molecule has 2 fully saturated rings. The molecule has 2 rings (SSSR count). The van der Waals surface area contributed by atoms with Gasteiger partial charge in [-0.2, -0.15) is 0 Å². The number of morpholine rings is 1. The molecule has 0 aromatic heterocycles. The Morgan fingerprint density at radius 3 is 2.86 bits per heavy atom. The molecule has 2 unspecified atom stereocenters. The molecule has 0 bridgehead atoms. The summed E-state index contributed by atoms with van der Waals surface area (Å²) in [5.41, 5.74) is 5.54. The van der Waals surface area contributed by atoms with E-state index in [4.69, 9.17) is 10.5 Å².